The molecule has 2 aromatic rings. The zero-order chi connectivity index (χ0) is 16.8. The third-order valence-corrected chi connectivity index (χ3v) is 3.27. The van der Waals surface area contributed by atoms with E-state index in [0.29, 0.717) is 5.56 Å². The van der Waals surface area contributed by atoms with Crippen molar-refractivity contribution in [1.29, 1.82) is 10.5 Å². The van der Waals surface area contributed by atoms with Gasteiger partial charge in [-0.25, -0.2) is 9.18 Å². The second kappa shape index (κ2) is 7.06. The average Bonchev–Trinajstić information content (AvgIpc) is 2.54. The van der Waals surface area contributed by atoms with Crippen LogP contribution in [-0.4, -0.2) is 17.2 Å². The first-order valence-electron chi connectivity index (χ1n) is 6.71. The van der Waals surface area contributed by atoms with E-state index in [-0.39, 0.29) is 12.0 Å². The Morgan fingerprint density at radius 1 is 1.17 bits per heavy atom. The van der Waals surface area contributed by atoms with Crippen molar-refractivity contribution < 1.29 is 14.3 Å². The largest absolute Gasteiger partial charge is 0.465 e. The van der Waals surface area contributed by atoms with Crippen molar-refractivity contribution in [3.05, 3.63) is 59.4 Å². The lowest BCUT2D eigenvalue weighted by Gasteiger charge is -2.09. The van der Waals surface area contributed by atoms with Gasteiger partial charge >= 0.3 is 6.09 Å². The molecule has 23 heavy (non-hydrogen) atoms. The number of hydrogen-bond acceptors (Lipinski definition) is 3. The highest BCUT2D eigenvalue weighted by Gasteiger charge is 2.11. The van der Waals surface area contributed by atoms with Crippen molar-refractivity contribution in [2.24, 2.45) is 0 Å². The van der Waals surface area contributed by atoms with Crippen molar-refractivity contribution in [1.82, 2.24) is 5.32 Å². The highest BCUT2D eigenvalue weighted by molar-refractivity contribution is 5.66. The Labute approximate surface area is 132 Å². The Hall–Kier alpha value is -3.38. The third-order valence-electron chi connectivity index (χ3n) is 3.27. The molecule has 0 saturated heterocycles. The van der Waals surface area contributed by atoms with Crippen LogP contribution in [0.15, 0.2) is 42.5 Å². The van der Waals surface area contributed by atoms with E-state index in [2.05, 4.69) is 5.32 Å². The van der Waals surface area contributed by atoms with Gasteiger partial charge < -0.3 is 10.4 Å². The maximum absolute atomic E-state index is 13.6. The minimum absolute atomic E-state index is 0.0121. The van der Waals surface area contributed by atoms with E-state index in [1.807, 2.05) is 6.07 Å². The summed E-state index contributed by atoms with van der Waals surface area (Å²) >= 11 is 0. The van der Waals surface area contributed by atoms with Crippen LogP contribution in [0.3, 0.4) is 0 Å². The number of benzene rings is 2. The Balaban J connectivity index is 2.16. The molecule has 6 heteroatoms. The molecule has 2 rings (SSSR count). The number of nitrogens with zero attached hydrogens (tertiary/aromatic N) is 2. The fourth-order valence-corrected chi connectivity index (χ4v) is 2.13. The first-order chi connectivity index (χ1) is 11.0. The molecule has 0 fully saturated rings. The summed E-state index contributed by atoms with van der Waals surface area (Å²) in [7, 11) is 0. The number of hydrogen-bond donors (Lipinski definition) is 2. The smallest absolute Gasteiger partial charge is 0.405 e. The van der Waals surface area contributed by atoms with Crippen molar-refractivity contribution in [2.45, 2.75) is 12.5 Å². The molecule has 0 bridgehead atoms. The summed E-state index contributed by atoms with van der Waals surface area (Å²) in [6, 6.07) is 14.2. The van der Waals surface area contributed by atoms with Gasteiger partial charge in [-0.05, 0) is 28.8 Å². The van der Waals surface area contributed by atoms with Crippen LogP contribution in [0.25, 0.3) is 11.1 Å². The maximum Gasteiger partial charge on any atom is 0.405 e. The van der Waals surface area contributed by atoms with Crippen molar-refractivity contribution >= 4 is 6.09 Å². The van der Waals surface area contributed by atoms with Crippen LogP contribution in [0.5, 0.6) is 0 Å². The molecule has 2 N–H and O–H groups in total. The Kier molecular flexibility index (Phi) is 4.91. The molecule has 0 spiro atoms. The summed E-state index contributed by atoms with van der Waals surface area (Å²) in [6.07, 6.45) is -1.01. The zero-order valence-corrected chi connectivity index (χ0v) is 12.0. The van der Waals surface area contributed by atoms with E-state index in [1.54, 1.807) is 36.4 Å². The summed E-state index contributed by atoms with van der Waals surface area (Å²) in [5.41, 5.74) is 2.16. The van der Waals surface area contributed by atoms with Crippen molar-refractivity contribution in [2.75, 3.05) is 0 Å². The van der Waals surface area contributed by atoms with Gasteiger partial charge in [0.05, 0.1) is 11.6 Å². The van der Waals surface area contributed by atoms with Gasteiger partial charge in [0.25, 0.3) is 0 Å². The molecule has 0 aliphatic carbocycles. The predicted octanol–water partition coefficient (Wildman–Crippen LogP) is 3.07. The Morgan fingerprint density at radius 2 is 1.83 bits per heavy atom. The van der Waals surface area contributed by atoms with E-state index >= 15 is 0 Å². The fraction of sp³-hybridized carbons (Fsp3) is 0.118. The van der Waals surface area contributed by atoms with Gasteiger partial charge in [0.2, 0.25) is 0 Å². The highest BCUT2D eigenvalue weighted by atomic mass is 19.1. The quantitative estimate of drug-likeness (QED) is 0.907. The standard InChI is InChI=1S/C17H12FN3O2/c18-16-8-13(5-6-14(16)9-19)12-3-1-11(2-4-12)7-15(10-20)21-17(22)23/h1-6,8,15,21H,7H2,(H,22,23). The van der Waals surface area contributed by atoms with Crippen LogP contribution < -0.4 is 5.32 Å². The minimum atomic E-state index is -1.25. The van der Waals surface area contributed by atoms with E-state index in [9.17, 15) is 9.18 Å². The minimum Gasteiger partial charge on any atom is -0.465 e. The van der Waals surface area contributed by atoms with Crippen LogP contribution in [0.2, 0.25) is 0 Å². The molecule has 0 radical (unpaired) electrons. The summed E-state index contributed by atoms with van der Waals surface area (Å²) in [5.74, 6) is -0.579. The molecule has 114 valence electrons. The number of halogens is 1. The van der Waals surface area contributed by atoms with Gasteiger partial charge in [-0.3, -0.25) is 0 Å². The number of rotatable bonds is 4. The normalized spacial score (nSPS) is 11.1. The second-order valence-corrected chi connectivity index (χ2v) is 4.84. The molecule has 0 aliphatic heterocycles. The van der Waals surface area contributed by atoms with Gasteiger partial charge in [0.15, 0.2) is 0 Å². The highest BCUT2D eigenvalue weighted by Crippen LogP contribution is 2.22. The van der Waals surface area contributed by atoms with Gasteiger partial charge in [-0.15, -0.1) is 0 Å². The van der Waals surface area contributed by atoms with Gasteiger partial charge in [0.1, 0.15) is 17.9 Å². The summed E-state index contributed by atoms with van der Waals surface area (Å²) in [5, 5.41) is 28.4. The third kappa shape index (κ3) is 4.05. The van der Waals surface area contributed by atoms with Crippen LogP contribution in [0.1, 0.15) is 11.1 Å². The van der Waals surface area contributed by atoms with Crippen molar-refractivity contribution in [3.8, 4) is 23.3 Å². The molecule has 5 nitrogen and oxygen atoms in total. The summed E-state index contributed by atoms with van der Waals surface area (Å²) in [4.78, 5) is 10.6. The molecule has 1 atom stereocenters. The summed E-state index contributed by atoms with van der Waals surface area (Å²) < 4.78 is 13.6. The van der Waals surface area contributed by atoms with E-state index in [0.717, 1.165) is 11.1 Å². The maximum atomic E-state index is 13.6. The van der Waals surface area contributed by atoms with Gasteiger partial charge in [0, 0.05) is 6.42 Å². The van der Waals surface area contributed by atoms with Crippen LogP contribution >= 0.6 is 0 Å². The van der Waals surface area contributed by atoms with Crippen LogP contribution in [0, 0.1) is 28.5 Å². The lowest BCUT2D eigenvalue weighted by atomic mass is 10.00. The number of nitrogens with one attached hydrogen (secondary N) is 1. The van der Waals surface area contributed by atoms with Crippen molar-refractivity contribution in [3.63, 3.8) is 0 Å². The van der Waals surface area contributed by atoms with Gasteiger partial charge in [-0.2, -0.15) is 10.5 Å². The number of nitriles is 2. The molecule has 0 aromatic heterocycles. The number of carbonyl (C=O) groups is 1. The average molecular weight is 309 g/mol. The topological polar surface area (TPSA) is 96.9 Å². The first-order valence-corrected chi connectivity index (χ1v) is 6.71. The van der Waals surface area contributed by atoms with E-state index < -0.39 is 18.0 Å². The lowest BCUT2D eigenvalue weighted by molar-refractivity contribution is 0.192. The fourth-order valence-electron chi connectivity index (χ4n) is 2.13. The van der Waals surface area contributed by atoms with Crippen LogP contribution in [-0.2, 0) is 6.42 Å². The molecule has 0 heterocycles. The SMILES string of the molecule is N#Cc1ccc(-c2ccc(CC(C#N)NC(=O)O)cc2)cc1F. The lowest BCUT2D eigenvalue weighted by Crippen LogP contribution is -2.33. The zero-order valence-electron chi connectivity index (χ0n) is 12.0. The monoisotopic (exact) mass is 309 g/mol. The predicted molar refractivity (Wildman–Crippen MR) is 80.8 cm³/mol. The van der Waals surface area contributed by atoms with E-state index in [4.69, 9.17) is 15.6 Å². The molecular weight excluding hydrogens is 297 g/mol. The molecular formula is C17H12FN3O2. The molecule has 0 aliphatic rings. The van der Waals surface area contributed by atoms with Crippen LogP contribution in [0.4, 0.5) is 9.18 Å². The molecule has 1 amide bonds. The Bertz CT molecular complexity index is 804. The van der Waals surface area contributed by atoms with Gasteiger partial charge in [-0.1, -0.05) is 30.3 Å². The number of carboxylic acid groups (broad SMARTS) is 1. The van der Waals surface area contributed by atoms with E-state index in [1.165, 1.54) is 12.1 Å². The molecule has 0 saturated carbocycles. The number of amides is 1. The molecule has 2 aromatic carbocycles. The first kappa shape index (κ1) is 16.0. The Morgan fingerprint density at radius 3 is 2.35 bits per heavy atom. The summed E-state index contributed by atoms with van der Waals surface area (Å²) in [6.45, 7) is 0. The molecule has 1 unspecified atom stereocenters. The second-order valence-electron chi connectivity index (χ2n) is 4.84.